The van der Waals surface area contributed by atoms with Gasteiger partial charge in [-0.3, -0.25) is 0 Å². The molecule has 1 spiro atoms. The molecule has 0 aromatic rings. The van der Waals surface area contributed by atoms with Gasteiger partial charge in [-0.2, -0.15) is 0 Å². The predicted octanol–water partition coefficient (Wildman–Crippen LogP) is 2.19. The molecular formula is C10H18O2. The van der Waals surface area contributed by atoms with Crippen LogP contribution >= 0.6 is 0 Å². The quantitative estimate of drug-likeness (QED) is 0.632. The molecule has 0 amide bonds. The Kier molecular flexibility index (Phi) is 2.13. The fourth-order valence-electron chi connectivity index (χ4n) is 1.59. The molecule has 2 rings (SSSR count). The SMILES string of the molecule is CCC(C)C1OCC2(CC2)CO1. The summed E-state index contributed by atoms with van der Waals surface area (Å²) in [5.41, 5.74) is 0.448. The van der Waals surface area contributed by atoms with E-state index in [1.807, 2.05) is 0 Å². The van der Waals surface area contributed by atoms with Gasteiger partial charge in [0.25, 0.3) is 0 Å². The zero-order chi connectivity index (χ0) is 8.60. The van der Waals surface area contributed by atoms with Crippen molar-refractivity contribution in [1.29, 1.82) is 0 Å². The molecule has 1 aliphatic carbocycles. The van der Waals surface area contributed by atoms with E-state index in [4.69, 9.17) is 9.47 Å². The Bertz CT molecular complexity index is 153. The average Bonchev–Trinajstić information content (AvgIpc) is 2.85. The molecule has 2 fully saturated rings. The van der Waals surface area contributed by atoms with Gasteiger partial charge in [-0.05, 0) is 19.3 Å². The summed E-state index contributed by atoms with van der Waals surface area (Å²) in [5, 5.41) is 0. The molecule has 0 radical (unpaired) electrons. The smallest absolute Gasteiger partial charge is 0.160 e. The number of ether oxygens (including phenoxy) is 2. The summed E-state index contributed by atoms with van der Waals surface area (Å²) >= 11 is 0. The zero-order valence-corrected chi connectivity index (χ0v) is 8.01. The Morgan fingerprint density at radius 1 is 1.33 bits per heavy atom. The fraction of sp³-hybridized carbons (Fsp3) is 1.00. The van der Waals surface area contributed by atoms with E-state index in [0.29, 0.717) is 11.3 Å². The van der Waals surface area contributed by atoms with Crippen LogP contribution in [0.5, 0.6) is 0 Å². The molecule has 1 heterocycles. The largest absolute Gasteiger partial charge is 0.352 e. The van der Waals surface area contributed by atoms with Gasteiger partial charge in [0.15, 0.2) is 6.29 Å². The van der Waals surface area contributed by atoms with Crippen molar-refractivity contribution >= 4 is 0 Å². The average molecular weight is 170 g/mol. The first kappa shape index (κ1) is 8.52. The van der Waals surface area contributed by atoms with Crippen LogP contribution in [-0.4, -0.2) is 19.5 Å². The normalized spacial score (nSPS) is 30.5. The number of hydrogen-bond acceptors (Lipinski definition) is 2. The minimum absolute atomic E-state index is 0.0706. The lowest BCUT2D eigenvalue weighted by atomic mass is 10.1. The molecule has 0 aromatic heterocycles. The van der Waals surface area contributed by atoms with Crippen molar-refractivity contribution in [2.45, 2.75) is 39.4 Å². The van der Waals surface area contributed by atoms with E-state index in [9.17, 15) is 0 Å². The molecule has 0 N–H and O–H groups in total. The maximum atomic E-state index is 5.69. The van der Waals surface area contributed by atoms with Crippen molar-refractivity contribution in [3.05, 3.63) is 0 Å². The minimum Gasteiger partial charge on any atom is -0.352 e. The summed E-state index contributed by atoms with van der Waals surface area (Å²) in [6.45, 7) is 6.23. The Hall–Kier alpha value is -0.0800. The molecule has 1 unspecified atom stereocenters. The van der Waals surface area contributed by atoms with Crippen LogP contribution in [0, 0.1) is 11.3 Å². The lowest BCUT2D eigenvalue weighted by Crippen LogP contribution is -2.36. The van der Waals surface area contributed by atoms with E-state index >= 15 is 0 Å². The lowest BCUT2D eigenvalue weighted by molar-refractivity contribution is -0.228. The molecule has 1 saturated carbocycles. The second-order valence-electron chi connectivity index (χ2n) is 4.38. The van der Waals surface area contributed by atoms with Crippen LogP contribution in [0.15, 0.2) is 0 Å². The highest BCUT2D eigenvalue weighted by Crippen LogP contribution is 2.48. The molecule has 1 aliphatic heterocycles. The van der Waals surface area contributed by atoms with Crippen LogP contribution in [0.1, 0.15) is 33.1 Å². The third-order valence-electron chi connectivity index (χ3n) is 3.17. The standard InChI is InChI=1S/C10H18O2/c1-3-8(2)9-11-6-10(4-5-10)7-12-9/h8-9H,3-7H2,1-2H3. The van der Waals surface area contributed by atoms with E-state index in [1.54, 1.807) is 0 Å². The monoisotopic (exact) mass is 170 g/mol. The van der Waals surface area contributed by atoms with Gasteiger partial charge in [0.1, 0.15) is 0 Å². The maximum Gasteiger partial charge on any atom is 0.160 e. The van der Waals surface area contributed by atoms with Crippen molar-refractivity contribution < 1.29 is 9.47 Å². The molecule has 2 heteroatoms. The van der Waals surface area contributed by atoms with Gasteiger partial charge < -0.3 is 9.47 Å². The van der Waals surface area contributed by atoms with Crippen molar-refractivity contribution in [2.24, 2.45) is 11.3 Å². The van der Waals surface area contributed by atoms with E-state index in [2.05, 4.69) is 13.8 Å². The van der Waals surface area contributed by atoms with Gasteiger partial charge in [-0.15, -0.1) is 0 Å². The van der Waals surface area contributed by atoms with Crippen molar-refractivity contribution in [3.8, 4) is 0 Å². The van der Waals surface area contributed by atoms with E-state index in [-0.39, 0.29) is 6.29 Å². The van der Waals surface area contributed by atoms with Crippen molar-refractivity contribution in [3.63, 3.8) is 0 Å². The Morgan fingerprint density at radius 2 is 1.92 bits per heavy atom. The highest BCUT2D eigenvalue weighted by atomic mass is 16.7. The molecule has 0 bridgehead atoms. The van der Waals surface area contributed by atoms with Crippen LogP contribution in [-0.2, 0) is 9.47 Å². The van der Waals surface area contributed by atoms with E-state index in [1.165, 1.54) is 12.8 Å². The third kappa shape index (κ3) is 1.50. The van der Waals surface area contributed by atoms with Gasteiger partial charge in [0, 0.05) is 11.3 Å². The summed E-state index contributed by atoms with van der Waals surface area (Å²) in [6, 6.07) is 0. The number of hydrogen-bond donors (Lipinski definition) is 0. The molecule has 1 atom stereocenters. The topological polar surface area (TPSA) is 18.5 Å². The number of rotatable bonds is 2. The molecule has 1 saturated heterocycles. The van der Waals surface area contributed by atoms with Crippen LogP contribution in [0.3, 0.4) is 0 Å². The minimum atomic E-state index is 0.0706. The van der Waals surface area contributed by atoms with E-state index < -0.39 is 0 Å². The molecule has 0 aromatic carbocycles. The highest BCUT2D eigenvalue weighted by Gasteiger charge is 2.47. The summed E-state index contributed by atoms with van der Waals surface area (Å²) in [7, 11) is 0. The van der Waals surface area contributed by atoms with Gasteiger partial charge in [0.05, 0.1) is 13.2 Å². The van der Waals surface area contributed by atoms with Crippen LogP contribution in [0.25, 0.3) is 0 Å². The Balaban J connectivity index is 1.81. The summed E-state index contributed by atoms with van der Waals surface area (Å²) < 4.78 is 11.4. The first-order chi connectivity index (χ1) is 5.76. The Morgan fingerprint density at radius 3 is 2.33 bits per heavy atom. The second kappa shape index (κ2) is 3.00. The molecular weight excluding hydrogens is 152 g/mol. The Labute approximate surface area is 74.2 Å². The van der Waals surface area contributed by atoms with Crippen molar-refractivity contribution in [1.82, 2.24) is 0 Å². The zero-order valence-electron chi connectivity index (χ0n) is 8.01. The first-order valence-electron chi connectivity index (χ1n) is 4.99. The van der Waals surface area contributed by atoms with Crippen molar-refractivity contribution in [2.75, 3.05) is 13.2 Å². The lowest BCUT2D eigenvalue weighted by Gasteiger charge is -2.32. The van der Waals surface area contributed by atoms with Gasteiger partial charge in [-0.1, -0.05) is 13.8 Å². The highest BCUT2D eigenvalue weighted by molar-refractivity contribution is 4.94. The second-order valence-corrected chi connectivity index (χ2v) is 4.38. The molecule has 12 heavy (non-hydrogen) atoms. The van der Waals surface area contributed by atoms with Crippen LogP contribution in [0.2, 0.25) is 0 Å². The predicted molar refractivity (Wildman–Crippen MR) is 46.8 cm³/mol. The van der Waals surface area contributed by atoms with Gasteiger partial charge in [0.2, 0.25) is 0 Å². The molecule has 2 aliphatic rings. The van der Waals surface area contributed by atoms with Gasteiger partial charge >= 0.3 is 0 Å². The van der Waals surface area contributed by atoms with Crippen LogP contribution < -0.4 is 0 Å². The third-order valence-corrected chi connectivity index (χ3v) is 3.17. The fourth-order valence-corrected chi connectivity index (χ4v) is 1.59. The van der Waals surface area contributed by atoms with Crippen LogP contribution in [0.4, 0.5) is 0 Å². The summed E-state index contributed by atoms with van der Waals surface area (Å²) in [6.07, 6.45) is 3.82. The molecule has 2 nitrogen and oxygen atoms in total. The molecule has 70 valence electrons. The first-order valence-corrected chi connectivity index (χ1v) is 4.99. The van der Waals surface area contributed by atoms with E-state index in [0.717, 1.165) is 19.6 Å². The maximum absolute atomic E-state index is 5.69. The summed E-state index contributed by atoms with van der Waals surface area (Å²) in [5.74, 6) is 0.543. The summed E-state index contributed by atoms with van der Waals surface area (Å²) in [4.78, 5) is 0. The van der Waals surface area contributed by atoms with Gasteiger partial charge in [-0.25, -0.2) is 0 Å².